The number of aromatic nitrogens is 1. The molecule has 100 valence electrons. The minimum atomic E-state index is -1.80. The number of rotatable bonds is 4. The molecule has 1 rings (SSSR count). The van der Waals surface area contributed by atoms with Crippen LogP contribution in [0, 0.1) is 0 Å². The Morgan fingerprint density at radius 3 is 2.44 bits per heavy atom. The highest BCUT2D eigenvalue weighted by molar-refractivity contribution is 6.74. The zero-order valence-electron chi connectivity index (χ0n) is 11.8. The molecule has 1 aromatic heterocycles. The molecule has 18 heavy (non-hydrogen) atoms. The normalized spacial score (nSPS) is 12.6. The van der Waals surface area contributed by atoms with Crippen LogP contribution in [0.4, 0.5) is 0 Å². The molecule has 4 nitrogen and oxygen atoms in total. The third-order valence-corrected chi connectivity index (χ3v) is 8.00. The summed E-state index contributed by atoms with van der Waals surface area (Å²) in [5.74, 6) is 0. The standard InChI is InChI=1S/C12H22BNO3Si/c1-12(2,3)18(4,5)17-9-11-8-10(13(15)16)6-7-14-11/h6-8,15-16H,9H2,1-5H3. The van der Waals surface area contributed by atoms with E-state index < -0.39 is 15.4 Å². The van der Waals surface area contributed by atoms with Crippen LogP contribution in [0.15, 0.2) is 18.3 Å². The number of hydrogen-bond donors (Lipinski definition) is 2. The Hall–Kier alpha value is -0.688. The molecule has 1 aromatic rings. The van der Waals surface area contributed by atoms with Crippen LogP contribution in [0.25, 0.3) is 0 Å². The van der Waals surface area contributed by atoms with Gasteiger partial charge in [-0.3, -0.25) is 4.98 Å². The van der Waals surface area contributed by atoms with E-state index in [4.69, 9.17) is 14.5 Å². The van der Waals surface area contributed by atoms with Gasteiger partial charge in [-0.25, -0.2) is 0 Å². The van der Waals surface area contributed by atoms with E-state index in [1.165, 1.54) is 0 Å². The van der Waals surface area contributed by atoms with Crippen molar-refractivity contribution in [2.24, 2.45) is 0 Å². The quantitative estimate of drug-likeness (QED) is 0.807. The molecule has 0 aliphatic carbocycles. The summed E-state index contributed by atoms with van der Waals surface area (Å²) < 4.78 is 6.03. The first-order valence-electron chi connectivity index (χ1n) is 6.08. The topological polar surface area (TPSA) is 62.6 Å². The highest BCUT2D eigenvalue weighted by Gasteiger charge is 2.37. The molecule has 0 fully saturated rings. The van der Waals surface area contributed by atoms with Crippen LogP contribution in [-0.4, -0.2) is 30.5 Å². The highest BCUT2D eigenvalue weighted by Crippen LogP contribution is 2.36. The van der Waals surface area contributed by atoms with Crippen LogP contribution >= 0.6 is 0 Å². The van der Waals surface area contributed by atoms with E-state index in [1.807, 2.05) is 0 Å². The molecule has 1 heterocycles. The van der Waals surface area contributed by atoms with E-state index in [-0.39, 0.29) is 5.04 Å². The van der Waals surface area contributed by atoms with E-state index in [0.29, 0.717) is 12.1 Å². The van der Waals surface area contributed by atoms with Crippen LogP contribution in [0.1, 0.15) is 26.5 Å². The second-order valence-corrected chi connectivity index (χ2v) is 10.8. The third kappa shape index (κ3) is 3.91. The summed E-state index contributed by atoms with van der Waals surface area (Å²) in [7, 11) is -3.26. The summed E-state index contributed by atoms with van der Waals surface area (Å²) in [6.07, 6.45) is 1.57. The van der Waals surface area contributed by atoms with Gasteiger partial charge in [-0.1, -0.05) is 20.8 Å². The van der Waals surface area contributed by atoms with Gasteiger partial charge in [0.1, 0.15) is 0 Å². The van der Waals surface area contributed by atoms with Gasteiger partial charge in [0.25, 0.3) is 0 Å². The average Bonchev–Trinajstić information content (AvgIpc) is 2.25. The van der Waals surface area contributed by atoms with Gasteiger partial charge in [0.05, 0.1) is 12.3 Å². The van der Waals surface area contributed by atoms with Gasteiger partial charge in [-0.2, -0.15) is 0 Å². The Labute approximate surface area is 110 Å². The maximum atomic E-state index is 9.10. The predicted octanol–water partition coefficient (Wildman–Crippen LogP) is 1.28. The molecule has 0 saturated heterocycles. The molecule has 6 heteroatoms. The van der Waals surface area contributed by atoms with Crippen molar-refractivity contribution >= 4 is 20.9 Å². The second-order valence-electron chi connectivity index (χ2n) is 6.00. The van der Waals surface area contributed by atoms with Crippen LogP contribution < -0.4 is 5.46 Å². The Kier molecular flexibility index (Phi) is 4.72. The molecular formula is C12H22BNO3Si. The van der Waals surface area contributed by atoms with E-state index >= 15 is 0 Å². The van der Waals surface area contributed by atoms with Crippen molar-refractivity contribution in [2.45, 2.75) is 45.5 Å². The van der Waals surface area contributed by atoms with Crippen molar-refractivity contribution in [1.82, 2.24) is 4.98 Å². The van der Waals surface area contributed by atoms with Crippen molar-refractivity contribution in [1.29, 1.82) is 0 Å². The first-order valence-corrected chi connectivity index (χ1v) is 8.99. The fraction of sp³-hybridized carbons (Fsp3) is 0.583. The molecule has 2 N–H and O–H groups in total. The van der Waals surface area contributed by atoms with Crippen molar-refractivity contribution in [3.63, 3.8) is 0 Å². The first-order chi connectivity index (χ1) is 8.13. The van der Waals surface area contributed by atoms with Gasteiger partial charge in [0, 0.05) is 6.20 Å². The number of pyridine rings is 1. The molecule has 0 radical (unpaired) electrons. The monoisotopic (exact) mass is 267 g/mol. The van der Waals surface area contributed by atoms with E-state index in [0.717, 1.165) is 5.69 Å². The van der Waals surface area contributed by atoms with Gasteiger partial charge in [0.2, 0.25) is 0 Å². The zero-order chi connectivity index (χ0) is 14.0. The number of nitrogens with zero attached hydrogens (tertiary/aromatic N) is 1. The lowest BCUT2D eigenvalue weighted by Gasteiger charge is -2.36. The minimum absolute atomic E-state index is 0.154. The van der Waals surface area contributed by atoms with Gasteiger partial charge >= 0.3 is 7.12 Å². The second kappa shape index (κ2) is 5.52. The molecule has 0 atom stereocenters. The summed E-state index contributed by atoms with van der Waals surface area (Å²) in [5, 5.41) is 18.4. The summed E-state index contributed by atoms with van der Waals surface area (Å²) >= 11 is 0. The summed E-state index contributed by atoms with van der Waals surface area (Å²) in [5.41, 5.74) is 1.17. The number of hydrogen-bond acceptors (Lipinski definition) is 4. The van der Waals surface area contributed by atoms with Crippen LogP contribution in [0.2, 0.25) is 18.1 Å². The Balaban J connectivity index is 2.72. The van der Waals surface area contributed by atoms with Crippen molar-refractivity contribution in [3.8, 4) is 0 Å². The summed E-state index contributed by atoms with van der Waals surface area (Å²) in [6, 6.07) is 3.25. The molecule has 0 saturated carbocycles. The molecule has 0 aliphatic heterocycles. The van der Waals surface area contributed by atoms with Crippen LogP contribution in [-0.2, 0) is 11.0 Å². The molecular weight excluding hydrogens is 245 g/mol. The van der Waals surface area contributed by atoms with E-state index in [2.05, 4.69) is 38.8 Å². The molecule has 0 bridgehead atoms. The fourth-order valence-corrected chi connectivity index (χ4v) is 2.15. The van der Waals surface area contributed by atoms with Crippen LogP contribution in [0.5, 0.6) is 0 Å². The average molecular weight is 267 g/mol. The Morgan fingerprint density at radius 2 is 1.94 bits per heavy atom. The van der Waals surface area contributed by atoms with Gasteiger partial charge < -0.3 is 14.5 Å². The maximum Gasteiger partial charge on any atom is 0.488 e. The zero-order valence-corrected chi connectivity index (χ0v) is 12.8. The van der Waals surface area contributed by atoms with Gasteiger partial charge in [-0.05, 0) is 35.7 Å². The largest absolute Gasteiger partial charge is 0.488 e. The first kappa shape index (κ1) is 15.4. The highest BCUT2D eigenvalue weighted by atomic mass is 28.4. The lowest BCUT2D eigenvalue weighted by molar-refractivity contribution is 0.272. The predicted molar refractivity (Wildman–Crippen MR) is 76.0 cm³/mol. The molecule has 0 aliphatic rings. The molecule has 0 spiro atoms. The lowest BCUT2D eigenvalue weighted by atomic mass is 9.81. The Bertz CT molecular complexity index is 405. The maximum absolute atomic E-state index is 9.10. The Morgan fingerprint density at radius 1 is 1.33 bits per heavy atom. The third-order valence-electron chi connectivity index (χ3n) is 3.53. The van der Waals surface area contributed by atoms with Crippen molar-refractivity contribution < 1.29 is 14.5 Å². The van der Waals surface area contributed by atoms with Crippen molar-refractivity contribution in [2.75, 3.05) is 0 Å². The molecule has 0 amide bonds. The summed E-state index contributed by atoms with van der Waals surface area (Å²) in [6.45, 7) is 11.3. The summed E-state index contributed by atoms with van der Waals surface area (Å²) in [4.78, 5) is 4.18. The minimum Gasteiger partial charge on any atom is -0.423 e. The van der Waals surface area contributed by atoms with Gasteiger partial charge in [0.15, 0.2) is 8.32 Å². The van der Waals surface area contributed by atoms with Gasteiger partial charge in [-0.15, -0.1) is 0 Å². The molecule has 0 aromatic carbocycles. The molecule has 0 unspecified atom stereocenters. The van der Waals surface area contributed by atoms with E-state index in [1.54, 1.807) is 18.3 Å². The fourth-order valence-electron chi connectivity index (χ4n) is 1.21. The van der Waals surface area contributed by atoms with Crippen LogP contribution in [0.3, 0.4) is 0 Å². The van der Waals surface area contributed by atoms with E-state index in [9.17, 15) is 0 Å². The lowest BCUT2D eigenvalue weighted by Crippen LogP contribution is -2.40. The van der Waals surface area contributed by atoms with Crippen molar-refractivity contribution in [3.05, 3.63) is 24.0 Å². The smallest absolute Gasteiger partial charge is 0.423 e. The SMILES string of the molecule is CC(C)(C)[Si](C)(C)OCc1cc(B(O)O)ccn1.